The van der Waals surface area contributed by atoms with Gasteiger partial charge in [-0.15, -0.1) is 0 Å². The van der Waals surface area contributed by atoms with Crippen LogP contribution in [0.2, 0.25) is 0 Å². The smallest absolute Gasteiger partial charge is 0.177 e. The third-order valence-corrected chi connectivity index (χ3v) is 4.76. The van der Waals surface area contributed by atoms with Gasteiger partial charge in [0.25, 0.3) is 0 Å². The number of benzene rings is 1. The molecule has 2 unspecified atom stereocenters. The van der Waals surface area contributed by atoms with Crippen molar-refractivity contribution in [2.45, 2.75) is 5.85 Å². The SMILES string of the molecule is C1=C2OC2P(c2ccccc2)C1. The van der Waals surface area contributed by atoms with Gasteiger partial charge in [0.15, 0.2) is 5.85 Å². The van der Waals surface area contributed by atoms with Crippen LogP contribution in [-0.4, -0.2) is 12.0 Å². The van der Waals surface area contributed by atoms with E-state index in [9.17, 15) is 0 Å². The lowest BCUT2D eigenvalue weighted by Crippen LogP contribution is -2.03. The van der Waals surface area contributed by atoms with E-state index < -0.39 is 0 Å². The van der Waals surface area contributed by atoms with E-state index in [-0.39, 0.29) is 7.92 Å². The Labute approximate surface area is 72.8 Å². The fraction of sp³-hybridized carbons (Fsp3) is 0.200. The van der Waals surface area contributed by atoms with Crippen LogP contribution in [0.4, 0.5) is 0 Å². The van der Waals surface area contributed by atoms with Gasteiger partial charge in [0.05, 0.1) is 0 Å². The molecule has 2 heterocycles. The van der Waals surface area contributed by atoms with Crippen molar-refractivity contribution in [3.8, 4) is 0 Å². The molecule has 1 aromatic carbocycles. The lowest BCUT2D eigenvalue weighted by molar-refractivity contribution is 0.484. The Morgan fingerprint density at radius 1 is 1.25 bits per heavy atom. The summed E-state index contributed by atoms with van der Waals surface area (Å²) in [5.74, 6) is 1.73. The number of allylic oxidation sites excluding steroid dienone is 1. The summed E-state index contributed by atoms with van der Waals surface area (Å²) in [6.07, 6.45) is 3.46. The quantitative estimate of drug-likeness (QED) is 0.471. The number of hydrogen-bond acceptors (Lipinski definition) is 1. The van der Waals surface area contributed by atoms with E-state index in [2.05, 4.69) is 36.4 Å². The molecule has 0 bridgehead atoms. The zero-order chi connectivity index (χ0) is 7.97. The minimum absolute atomic E-state index is 0.0422. The summed E-state index contributed by atoms with van der Waals surface area (Å²) < 4.78 is 5.41. The van der Waals surface area contributed by atoms with E-state index >= 15 is 0 Å². The van der Waals surface area contributed by atoms with E-state index in [1.165, 1.54) is 17.2 Å². The van der Waals surface area contributed by atoms with E-state index in [4.69, 9.17) is 4.74 Å². The highest BCUT2D eigenvalue weighted by Gasteiger charge is 2.44. The maximum Gasteiger partial charge on any atom is 0.177 e. The second kappa shape index (κ2) is 2.34. The molecule has 12 heavy (non-hydrogen) atoms. The van der Waals surface area contributed by atoms with Crippen molar-refractivity contribution in [3.63, 3.8) is 0 Å². The average Bonchev–Trinajstić information content (AvgIpc) is 2.80. The van der Waals surface area contributed by atoms with E-state index in [0.29, 0.717) is 5.85 Å². The van der Waals surface area contributed by atoms with Crippen LogP contribution in [0.1, 0.15) is 0 Å². The van der Waals surface area contributed by atoms with E-state index in [1.807, 2.05) is 0 Å². The van der Waals surface area contributed by atoms with Crippen molar-refractivity contribution in [3.05, 3.63) is 42.2 Å². The summed E-state index contributed by atoms with van der Waals surface area (Å²) in [6.45, 7) is 0. The van der Waals surface area contributed by atoms with Gasteiger partial charge in [-0.3, -0.25) is 0 Å². The van der Waals surface area contributed by atoms with Gasteiger partial charge in [-0.05, 0) is 25.5 Å². The highest BCUT2D eigenvalue weighted by molar-refractivity contribution is 7.67. The van der Waals surface area contributed by atoms with Crippen LogP contribution in [0.25, 0.3) is 0 Å². The molecular formula is C10H9OP. The van der Waals surface area contributed by atoms with Gasteiger partial charge >= 0.3 is 0 Å². The number of rotatable bonds is 1. The summed E-state index contributed by atoms with van der Waals surface area (Å²) in [4.78, 5) is 0. The number of epoxide rings is 1. The molecule has 2 heteroatoms. The third-order valence-electron chi connectivity index (χ3n) is 2.29. The standard InChI is InChI=1S/C10H9OP/c1-2-4-8(5-3-1)12-7-6-9-10(12)11-9/h1-6,10H,7H2. The molecule has 1 saturated heterocycles. The maximum atomic E-state index is 5.41. The molecule has 0 saturated carbocycles. The molecule has 1 aromatic rings. The van der Waals surface area contributed by atoms with Crippen LogP contribution >= 0.6 is 7.92 Å². The van der Waals surface area contributed by atoms with E-state index in [0.717, 1.165) is 0 Å². The van der Waals surface area contributed by atoms with Crippen molar-refractivity contribution in [1.29, 1.82) is 0 Å². The number of fused-ring (bicyclic) bond motifs is 1. The maximum absolute atomic E-state index is 5.41. The molecule has 2 aliphatic rings. The summed E-state index contributed by atoms with van der Waals surface area (Å²) in [6, 6.07) is 10.7. The fourth-order valence-electron chi connectivity index (χ4n) is 1.61. The predicted molar refractivity (Wildman–Crippen MR) is 50.8 cm³/mol. The zero-order valence-electron chi connectivity index (χ0n) is 6.60. The lowest BCUT2D eigenvalue weighted by atomic mass is 10.4. The fourth-order valence-corrected chi connectivity index (χ4v) is 3.87. The molecule has 0 aromatic heterocycles. The second-order valence-corrected chi connectivity index (χ2v) is 5.35. The molecule has 1 fully saturated rings. The minimum atomic E-state index is -0.0422. The molecule has 2 atom stereocenters. The van der Waals surface area contributed by atoms with E-state index in [1.54, 1.807) is 0 Å². The van der Waals surface area contributed by atoms with Crippen molar-refractivity contribution < 1.29 is 4.74 Å². The summed E-state index contributed by atoms with van der Waals surface area (Å²) in [5.41, 5.74) is 0. The van der Waals surface area contributed by atoms with Crippen LogP contribution in [0.3, 0.4) is 0 Å². The first-order chi connectivity index (χ1) is 5.95. The predicted octanol–water partition coefficient (Wildman–Crippen LogP) is 2.05. The molecule has 60 valence electrons. The van der Waals surface area contributed by atoms with Gasteiger partial charge in [0.2, 0.25) is 0 Å². The van der Waals surface area contributed by atoms with Crippen LogP contribution in [0.5, 0.6) is 0 Å². The highest BCUT2D eigenvalue weighted by atomic mass is 31.1. The minimum Gasteiger partial charge on any atom is -0.478 e. The summed E-state index contributed by atoms with van der Waals surface area (Å²) in [5, 5.41) is 1.47. The van der Waals surface area contributed by atoms with Gasteiger partial charge in [0, 0.05) is 0 Å². The van der Waals surface area contributed by atoms with Crippen molar-refractivity contribution >= 4 is 13.2 Å². The zero-order valence-corrected chi connectivity index (χ0v) is 7.50. The highest BCUT2D eigenvalue weighted by Crippen LogP contribution is 2.58. The van der Waals surface area contributed by atoms with Crippen LogP contribution < -0.4 is 5.30 Å². The lowest BCUT2D eigenvalue weighted by Gasteiger charge is -2.09. The van der Waals surface area contributed by atoms with Crippen LogP contribution in [-0.2, 0) is 4.74 Å². The molecule has 2 aliphatic heterocycles. The van der Waals surface area contributed by atoms with Crippen molar-refractivity contribution in [2.24, 2.45) is 0 Å². The molecule has 0 N–H and O–H groups in total. The van der Waals surface area contributed by atoms with Gasteiger partial charge in [0.1, 0.15) is 5.76 Å². The molecular weight excluding hydrogens is 167 g/mol. The van der Waals surface area contributed by atoms with Crippen LogP contribution in [0, 0.1) is 0 Å². The Kier molecular flexibility index (Phi) is 1.30. The van der Waals surface area contributed by atoms with Gasteiger partial charge in [-0.25, -0.2) is 0 Å². The molecule has 0 aliphatic carbocycles. The largest absolute Gasteiger partial charge is 0.478 e. The first kappa shape index (κ1) is 6.68. The van der Waals surface area contributed by atoms with Crippen LogP contribution in [0.15, 0.2) is 42.2 Å². The number of ether oxygens (including phenoxy) is 1. The third kappa shape index (κ3) is 0.899. The summed E-state index contributed by atoms with van der Waals surface area (Å²) >= 11 is 0. The van der Waals surface area contributed by atoms with Crippen molar-refractivity contribution in [2.75, 3.05) is 6.16 Å². The molecule has 0 spiro atoms. The van der Waals surface area contributed by atoms with Crippen molar-refractivity contribution in [1.82, 2.24) is 0 Å². The summed E-state index contributed by atoms with van der Waals surface area (Å²) in [7, 11) is -0.0422. The molecule has 0 radical (unpaired) electrons. The monoisotopic (exact) mass is 176 g/mol. The van der Waals surface area contributed by atoms with Gasteiger partial charge in [-0.2, -0.15) is 0 Å². The Morgan fingerprint density at radius 3 is 2.67 bits per heavy atom. The topological polar surface area (TPSA) is 12.5 Å². The Morgan fingerprint density at radius 2 is 2.08 bits per heavy atom. The van der Waals surface area contributed by atoms with Gasteiger partial charge in [-0.1, -0.05) is 30.3 Å². The average molecular weight is 176 g/mol. The Balaban J connectivity index is 1.92. The molecule has 1 nitrogen and oxygen atoms in total. The van der Waals surface area contributed by atoms with Gasteiger partial charge < -0.3 is 4.74 Å². The Hall–Kier alpha value is -0.810. The molecule has 3 rings (SSSR count). The first-order valence-corrected chi connectivity index (χ1v) is 5.73. The number of hydrogen-bond donors (Lipinski definition) is 0. The first-order valence-electron chi connectivity index (χ1n) is 4.13. The molecule has 0 amide bonds. The second-order valence-electron chi connectivity index (χ2n) is 3.06. The Bertz CT molecular complexity index is 331. The normalized spacial score (nSPS) is 30.5.